The van der Waals surface area contributed by atoms with Crippen molar-refractivity contribution in [2.75, 3.05) is 32.0 Å². The zero-order valence-electron chi connectivity index (χ0n) is 17.0. The van der Waals surface area contributed by atoms with E-state index in [-0.39, 0.29) is 21.2 Å². The highest BCUT2D eigenvalue weighted by Crippen LogP contribution is 2.30. The highest BCUT2D eigenvalue weighted by atomic mass is 32.2. The second-order valence-electron chi connectivity index (χ2n) is 6.96. The molecule has 0 atom stereocenters. The molecule has 2 aromatic rings. The summed E-state index contributed by atoms with van der Waals surface area (Å²) in [7, 11) is -4.69. The number of benzene rings is 2. The third-order valence-corrected chi connectivity index (χ3v) is 8.30. The zero-order valence-corrected chi connectivity index (χ0v) is 18.6. The first-order valence-corrected chi connectivity index (χ1v) is 12.6. The fraction of sp³-hybridized carbons (Fsp3) is 0.400. The predicted molar refractivity (Wildman–Crippen MR) is 114 cm³/mol. The molecule has 0 unspecified atom stereocenters. The molecule has 1 fully saturated rings. The lowest BCUT2D eigenvalue weighted by Crippen LogP contribution is -2.31. The van der Waals surface area contributed by atoms with E-state index in [9.17, 15) is 16.8 Å². The molecule has 30 heavy (non-hydrogen) atoms. The highest BCUT2D eigenvalue weighted by Gasteiger charge is 2.25. The van der Waals surface area contributed by atoms with Gasteiger partial charge in [0.1, 0.15) is 16.4 Å². The molecule has 1 heterocycles. The number of methoxy groups -OCH3 is 2. The van der Waals surface area contributed by atoms with Crippen molar-refractivity contribution in [1.82, 2.24) is 4.31 Å². The summed E-state index contributed by atoms with van der Waals surface area (Å²) in [6.07, 6.45) is 3.75. The molecule has 10 heteroatoms. The quantitative estimate of drug-likeness (QED) is 0.690. The van der Waals surface area contributed by atoms with Crippen LogP contribution in [0.2, 0.25) is 0 Å². The van der Waals surface area contributed by atoms with E-state index in [4.69, 9.17) is 9.47 Å². The van der Waals surface area contributed by atoms with Crippen LogP contribution in [0.25, 0.3) is 0 Å². The fourth-order valence-electron chi connectivity index (χ4n) is 3.33. The summed E-state index contributed by atoms with van der Waals surface area (Å²) in [5, 5.41) is 0. The Bertz CT molecular complexity index is 1070. The van der Waals surface area contributed by atoms with Gasteiger partial charge >= 0.3 is 0 Å². The monoisotopic (exact) mass is 454 g/mol. The van der Waals surface area contributed by atoms with Gasteiger partial charge < -0.3 is 9.47 Å². The molecular formula is C20H26N2O6S2. The molecular weight excluding hydrogens is 428 g/mol. The van der Waals surface area contributed by atoms with Crippen LogP contribution in [-0.4, -0.2) is 48.4 Å². The minimum absolute atomic E-state index is 0.0490. The summed E-state index contributed by atoms with van der Waals surface area (Å²) in [4.78, 5) is 0.0986. The molecule has 0 aromatic heterocycles. The van der Waals surface area contributed by atoms with E-state index >= 15 is 0 Å². The van der Waals surface area contributed by atoms with Crippen LogP contribution >= 0.6 is 0 Å². The van der Waals surface area contributed by atoms with E-state index in [1.807, 2.05) is 0 Å². The van der Waals surface area contributed by atoms with Crippen molar-refractivity contribution in [3.63, 3.8) is 0 Å². The molecule has 8 nitrogen and oxygen atoms in total. The van der Waals surface area contributed by atoms with Crippen LogP contribution in [-0.2, 0) is 20.0 Å². The summed E-state index contributed by atoms with van der Waals surface area (Å²) >= 11 is 0. The van der Waals surface area contributed by atoms with Gasteiger partial charge in [0, 0.05) is 24.8 Å². The maximum absolute atomic E-state index is 12.9. The van der Waals surface area contributed by atoms with Crippen LogP contribution in [0.5, 0.6) is 11.5 Å². The lowest BCUT2D eigenvalue weighted by Gasteiger charge is -2.20. The second kappa shape index (κ2) is 9.23. The van der Waals surface area contributed by atoms with Crippen LogP contribution in [0, 0.1) is 0 Å². The third kappa shape index (κ3) is 4.88. The summed E-state index contributed by atoms with van der Waals surface area (Å²) in [5.41, 5.74) is 0.252. The van der Waals surface area contributed by atoms with E-state index in [0.717, 1.165) is 25.7 Å². The van der Waals surface area contributed by atoms with E-state index in [1.165, 1.54) is 61.0 Å². The van der Waals surface area contributed by atoms with Crippen LogP contribution in [0.15, 0.2) is 52.3 Å². The predicted octanol–water partition coefficient (Wildman–Crippen LogP) is 3.07. The van der Waals surface area contributed by atoms with Gasteiger partial charge in [0.05, 0.1) is 19.1 Å². The molecule has 0 saturated carbocycles. The maximum atomic E-state index is 12.9. The van der Waals surface area contributed by atoms with Gasteiger partial charge in [0.2, 0.25) is 10.0 Å². The van der Waals surface area contributed by atoms with E-state index in [0.29, 0.717) is 18.8 Å². The minimum Gasteiger partial charge on any atom is -0.497 e. The van der Waals surface area contributed by atoms with Gasteiger partial charge in [-0.25, -0.2) is 16.8 Å². The van der Waals surface area contributed by atoms with Gasteiger partial charge in [-0.3, -0.25) is 4.72 Å². The standard InChI is InChI=1S/C20H26N2O6S2/c1-27-17-9-12-20(19(15-17)28-2)29(23,24)21-16-7-10-18(11-8-16)30(25,26)22-13-5-3-4-6-14-22/h7-12,15,21H,3-6,13-14H2,1-2H3. The first-order valence-electron chi connectivity index (χ1n) is 9.63. The van der Waals surface area contributed by atoms with Crippen LogP contribution < -0.4 is 14.2 Å². The third-order valence-electron chi connectivity index (χ3n) is 4.97. The van der Waals surface area contributed by atoms with E-state index < -0.39 is 20.0 Å². The Morgan fingerprint density at radius 1 is 0.833 bits per heavy atom. The summed E-state index contributed by atoms with van der Waals surface area (Å²) < 4.78 is 65.5. The van der Waals surface area contributed by atoms with Gasteiger partial charge in [-0.05, 0) is 49.2 Å². The fourth-order valence-corrected chi connectivity index (χ4v) is 6.06. The van der Waals surface area contributed by atoms with Gasteiger partial charge in [-0.2, -0.15) is 4.31 Å². The van der Waals surface area contributed by atoms with Crippen LogP contribution in [0.3, 0.4) is 0 Å². The van der Waals surface area contributed by atoms with Gasteiger partial charge in [-0.15, -0.1) is 0 Å². The first-order chi connectivity index (χ1) is 14.3. The molecule has 1 N–H and O–H groups in total. The van der Waals surface area contributed by atoms with Crippen molar-refractivity contribution in [3.05, 3.63) is 42.5 Å². The average Bonchev–Trinajstić information content (AvgIpc) is 3.03. The summed E-state index contributed by atoms with van der Waals surface area (Å²) in [5.74, 6) is 0.607. The van der Waals surface area contributed by atoms with E-state index in [1.54, 1.807) is 0 Å². The molecule has 164 valence electrons. The number of anilines is 1. The number of hydrogen-bond donors (Lipinski definition) is 1. The average molecular weight is 455 g/mol. The molecule has 0 aliphatic carbocycles. The largest absolute Gasteiger partial charge is 0.497 e. The molecule has 1 aliphatic rings. The van der Waals surface area contributed by atoms with Crippen molar-refractivity contribution in [1.29, 1.82) is 0 Å². The Labute approximate surface area is 177 Å². The smallest absolute Gasteiger partial charge is 0.265 e. The number of rotatable bonds is 7. The molecule has 0 spiro atoms. The number of sulfonamides is 2. The SMILES string of the molecule is COc1ccc(S(=O)(=O)Nc2ccc(S(=O)(=O)N3CCCCCC3)cc2)c(OC)c1. The van der Waals surface area contributed by atoms with Gasteiger partial charge in [0.25, 0.3) is 10.0 Å². The van der Waals surface area contributed by atoms with Crippen molar-refractivity contribution in [3.8, 4) is 11.5 Å². The Kier molecular flexibility index (Phi) is 6.89. The van der Waals surface area contributed by atoms with Crippen molar-refractivity contribution in [2.24, 2.45) is 0 Å². The van der Waals surface area contributed by atoms with Crippen LogP contribution in [0.4, 0.5) is 5.69 Å². The Hall–Kier alpha value is -2.30. The Morgan fingerprint density at radius 2 is 1.47 bits per heavy atom. The number of nitrogens with one attached hydrogen (secondary N) is 1. The lowest BCUT2D eigenvalue weighted by atomic mass is 10.2. The molecule has 0 radical (unpaired) electrons. The summed E-state index contributed by atoms with van der Waals surface area (Å²) in [6, 6.07) is 10.1. The molecule has 0 amide bonds. The first kappa shape index (κ1) is 22.4. The lowest BCUT2D eigenvalue weighted by molar-refractivity contribution is 0.386. The summed E-state index contributed by atoms with van der Waals surface area (Å²) in [6.45, 7) is 1.02. The van der Waals surface area contributed by atoms with Crippen molar-refractivity contribution >= 4 is 25.7 Å². The second-order valence-corrected chi connectivity index (χ2v) is 10.6. The normalized spacial score (nSPS) is 15.9. The topological polar surface area (TPSA) is 102 Å². The van der Waals surface area contributed by atoms with Gasteiger partial charge in [-0.1, -0.05) is 12.8 Å². The Morgan fingerprint density at radius 3 is 2.03 bits per heavy atom. The molecule has 2 aromatic carbocycles. The van der Waals surface area contributed by atoms with Gasteiger partial charge in [0.15, 0.2) is 0 Å². The van der Waals surface area contributed by atoms with E-state index in [2.05, 4.69) is 4.72 Å². The van der Waals surface area contributed by atoms with Crippen LogP contribution in [0.1, 0.15) is 25.7 Å². The number of ether oxygens (including phenoxy) is 2. The highest BCUT2D eigenvalue weighted by molar-refractivity contribution is 7.92. The van der Waals surface area contributed by atoms with Crippen molar-refractivity contribution in [2.45, 2.75) is 35.5 Å². The zero-order chi connectivity index (χ0) is 21.8. The number of hydrogen-bond acceptors (Lipinski definition) is 6. The van der Waals surface area contributed by atoms with Crippen molar-refractivity contribution < 1.29 is 26.3 Å². The molecule has 1 saturated heterocycles. The Balaban J connectivity index is 1.81. The maximum Gasteiger partial charge on any atom is 0.265 e. The minimum atomic E-state index is -3.95. The molecule has 0 bridgehead atoms. The molecule has 1 aliphatic heterocycles. The number of nitrogens with zero attached hydrogens (tertiary/aromatic N) is 1. The molecule has 3 rings (SSSR count).